The van der Waals surface area contributed by atoms with Crippen LogP contribution in [0, 0.1) is 64.3 Å². The Bertz CT molecular complexity index is 670. The zero-order valence-electron chi connectivity index (χ0n) is 21.5. The van der Waals surface area contributed by atoms with Crippen LogP contribution in [0.15, 0.2) is 0 Å². The third kappa shape index (κ3) is 4.32. The van der Waals surface area contributed by atoms with E-state index >= 15 is 0 Å². The maximum absolute atomic E-state index is 5.87. The third-order valence-electron chi connectivity index (χ3n) is 11.1. The molecule has 9 atom stereocenters. The van der Waals surface area contributed by atoms with Crippen molar-refractivity contribution in [1.29, 1.82) is 0 Å². The average Bonchev–Trinajstić information content (AvgIpc) is 3.09. The predicted molar refractivity (Wildman–Crippen MR) is 131 cm³/mol. The summed E-state index contributed by atoms with van der Waals surface area (Å²) in [7, 11) is 0. The molecule has 4 aliphatic carbocycles. The molecular formula is C30H50O. The maximum Gasteiger partial charge on any atom is 0.111 e. The second-order valence-corrected chi connectivity index (χ2v) is 13.1. The molecule has 1 nitrogen and oxygen atoms in total. The van der Waals surface area contributed by atoms with Gasteiger partial charge in [0.25, 0.3) is 0 Å². The van der Waals surface area contributed by atoms with Crippen molar-refractivity contribution in [3.05, 3.63) is 0 Å². The van der Waals surface area contributed by atoms with Gasteiger partial charge in [0, 0.05) is 6.92 Å². The van der Waals surface area contributed by atoms with Crippen molar-refractivity contribution in [3.63, 3.8) is 0 Å². The molecule has 0 aromatic heterocycles. The summed E-state index contributed by atoms with van der Waals surface area (Å²) in [5.41, 5.74) is 1.18. The molecule has 4 aliphatic rings. The van der Waals surface area contributed by atoms with Gasteiger partial charge in [-0.2, -0.15) is 0 Å². The van der Waals surface area contributed by atoms with Crippen LogP contribution in [-0.2, 0) is 4.74 Å². The van der Waals surface area contributed by atoms with Crippen LogP contribution in [0.1, 0.15) is 119 Å². The fraction of sp³-hybridized carbons (Fsp3) is 0.933. The van der Waals surface area contributed by atoms with Crippen LogP contribution < -0.4 is 0 Å². The van der Waals surface area contributed by atoms with E-state index in [1.807, 2.05) is 6.92 Å². The Morgan fingerprint density at radius 2 is 1.61 bits per heavy atom. The average molecular weight is 427 g/mol. The number of ether oxygens (including phenoxy) is 1. The van der Waals surface area contributed by atoms with Gasteiger partial charge in [0.2, 0.25) is 0 Å². The quantitative estimate of drug-likeness (QED) is 0.387. The minimum Gasteiger partial charge on any atom is -0.443 e. The molecule has 0 aromatic carbocycles. The highest BCUT2D eigenvalue weighted by atomic mass is 16.5. The number of hydrogen-bond acceptors (Lipinski definition) is 1. The zero-order valence-corrected chi connectivity index (χ0v) is 21.5. The Balaban J connectivity index is 1.43. The van der Waals surface area contributed by atoms with Crippen molar-refractivity contribution in [1.82, 2.24) is 0 Å². The van der Waals surface area contributed by atoms with Crippen LogP contribution in [0.2, 0.25) is 0 Å². The first kappa shape index (κ1) is 23.5. The number of fused-ring (bicyclic) bond motifs is 5. The van der Waals surface area contributed by atoms with Gasteiger partial charge in [-0.3, -0.25) is 0 Å². The minimum absolute atomic E-state index is 0.387. The van der Waals surface area contributed by atoms with Crippen LogP contribution in [0.4, 0.5) is 0 Å². The van der Waals surface area contributed by atoms with E-state index in [1.165, 1.54) is 77.0 Å². The van der Waals surface area contributed by atoms with E-state index in [9.17, 15) is 0 Å². The Labute approximate surface area is 193 Å². The van der Waals surface area contributed by atoms with E-state index in [0.29, 0.717) is 16.9 Å². The van der Waals surface area contributed by atoms with Crippen LogP contribution in [0.3, 0.4) is 0 Å². The van der Waals surface area contributed by atoms with Crippen LogP contribution >= 0.6 is 0 Å². The van der Waals surface area contributed by atoms with Crippen LogP contribution in [0.5, 0.6) is 0 Å². The molecule has 0 bridgehead atoms. The lowest BCUT2D eigenvalue weighted by atomic mass is 9.44. The SMILES string of the molecule is CC#CO[C@H]1CC[C@@]2(C)[C@@H](CC[C@@H]3[C@@H]2CC[C@]2(C)[C@@H]([C@H](C)CCCC(C)C)CC[C@@H]32)C1. The van der Waals surface area contributed by atoms with Gasteiger partial charge in [-0.25, -0.2) is 0 Å². The second kappa shape index (κ2) is 9.31. The highest BCUT2D eigenvalue weighted by molar-refractivity contribution is 5.10. The van der Waals surface area contributed by atoms with E-state index in [2.05, 4.69) is 46.6 Å². The molecule has 0 aliphatic heterocycles. The van der Waals surface area contributed by atoms with Gasteiger partial charge in [-0.1, -0.05) is 59.8 Å². The summed E-state index contributed by atoms with van der Waals surface area (Å²) in [5, 5.41) is 0. The minimum atomic E-state index is 0.387. The normalized spacial score (nSPS) is 45.1. The van der Waals surface area contributed by atoms with Gasteiger partial charge >= 0.3 is 0 Å². The molecule has 31 heavy (non-hydrogen) atoms. The van der Waals surface area contributed by atoms with E-state index in [1.54, 1.807) is 0 Å². The van der Waals surface area contributed by atoms with Gasteiger partial charge in [0.15, 0.2) is 0 Å². The van der Waals surface area contributed by atoms with Crippen LogP contribution in [0.25, 0.3) is 0 Å². The Morgan fingerprint density at radius 3 is 2.35 bits per heavy atom. The number of hydrogen-bond donors (Lipinski definition) is 0. The predicted octanol–water partition coefficient (Wildman–Crippen LogP) is 8.47. The summed E-state index contributed by atoms with van der Waals surface area (Å²) in [4.78, 5) is 0. The second-order valence-electron chi connectivity index (χ2n) is 13.1. The molecule has 0 aromatic rings. The van der Waals surface area contributed by atoms with Crippen molar-refractivity contribution in [3.8, 4) is 12.0 Å². The van der Waals surface area contributed by atoms with Gasteiger partial charge in [-0.15, -0.1) is 0 Å². The topological polar surface area (TPSA) is 9.23 Å². The molecular weight excluding hydrogens is 376 g/mol. The van der Waals surface area contributed by atoms with Crippen molar-refractivity contribution in [2.75, 3.05) is 0 Å². The Morgan fingerprint density at radius 1 is 0.871 bits per heavy atom. The zero-order chi connectivity index (χ0) is 22.2. The van der Waals surface area contributed by atoms with Gasteiger partial charge in [0.05, 0.1) is 0 Å². The molecule has 4 saturated carbocycles. The molecule has 0 unspecified atom stereocenters. The summed E-state index contributed by atoms with van der Waals surface area (Å²) in [6.07, 6.45) is 20.4. The molecule has 0 spiro atoms. The smallest absolute Gasteiger partial charge is 0.111 e. The number of rotatable bonds is 6. The first-order chi connectivity index (χ1) is 14.8. The third-order valence-corrected chi connectivity index (χ3v) is 11.1. The van der Waals surface area contributed by atoms with Gasteiger partial charge < -0.3 is 4.74 Å². The first-order valence-electron chi connectivity index (χ1n) is 13.9. The largest absolute Gasteiger partial charge is 0.443 e. The standard InChI is InChI=1S/C30H50O/c1-7-19-31-24-15-17-29(5)23(20-24)11-12-25-27-14-13-26(22(4)10-8-9-21(2)3)30(27,6)18-16-28(25)29/h21-28H,8-18,20H2,1-6H3/t22-,23+,24+,25+,26-,27+,28+,29+,30-/m1/s1. The van der Waals surface area contributed by atoms with Crippen molar-refractivity contribution in [2.45, 2.75) is 125 Å². The summed E-state index contributed by atoms with van der Waals surface area (Å²) in [5.74, 6) is 9.53. The molecule has 0 amide bonds. The lowest BCUT2D eigenvalue weighted by molar-refractivity contribution is -0.129. The molecule has 4 fully saturated rings. The fourth-order valence-corrected chi connectivity index (χ4v) is 9.49. The fourth-order valence-electron chi connectivity index (χ4n) is 9.49. The van der Waals surface area contributed by atoms with E-state index in [4.69, 9.17) is 4.74 Å². The van der Waals surface area contributed by atoms with Gasteiger partial charge in [-0.05, 0) is 110 Å². The van der Waals surface area contributed by atoms with E-state index in [-0.39, 0.29) is 0 Å². The van der Waals surface area contributed by atoms with Crippen molar-refractivity contribution < 1.29 is 4.74 Å². The Hall–Kier alpha value is -0.640. The van der Waals surface area contributed by atoms with Crippen molar-refractivity contribution in [2.24, 2.45) is 52.3 Å². The molecule has 0 heterocycles. The first-order valence-corrected chi connectivity index (χ1v) is 13.9. The van der Waals surface area contributed by atoms with E-state index < -0.39 is 0 Å². The van der Waals surface area contributed by atoms with E-state index in [0.717, 1.165) is 41.4 Å². The highest BCUT2D eigenvalue weighted by Gasteiger charge is 2.60. The highest BCUT2D eigenvalue weighted by Crippen LogP contribution is 2.68. The Kier molecular flexibility index (Phi) is 7.06. The molecule has 0 radical (unpaired) electrons. The monoisotopic (exact) mass is 426 g/mol. The molecule has 1 heteroatoms. The lowest BCUT2D eigenvalue weighted by Gasteiger charge is -2.61. The molecule has 0 N–H and O–H groups in total. The molecule has 176 valence electrons. The molecule has 0 saturated heterocycles. The summed E-state index contributed by atoms with van der Waals surface area (Å²) in [6, 6.07) is 0. The summed E-state index contributed by atoms with van der Waals surface area (Å²) < 4.78 is 5.87. The van der Waals surface area contributed by atoms with Crippen LogP contribution in [-0.4, -0.2) is 6.10 Å². The van der Waals surface area contributed by atoms with Crippen molar-refractivity contribution >= 4 is 0 Å². The molecule has 4 rings (SSSR count). The van der Waals surface area contributed by atoms with Gasteiger partial charge in [0.1, 0.15) is 12.2 Å². The summed E-state index contributed by atoms with van der Waals surface area (Å²) in [6.45, 7) is 14.7. The lowest BCUT2D eigenvalue weighted by Crippen LogP contribution is -2.54. The maximum atomic E-state index is 5.87. The summed E-state index contributed by atoms with van der Waals surface area (Å²) >= 11 is 0.